The summed E-state index contributed by atoms with van der Waals surface area (Å²) in [5.41, 5.74) is 0.994. The van der Waals surface area contributed by atoms with E-state index in [2.05, 4.69) is 32.2 Å². The first kappa shape index (κ1) is 22.2. The van der Waals surface area contributed by atoms with E-state index in [0.29, 0.717) is 0 Å². The molecule has 1 aromatic heterocycles. The number of halogens is 1. The Hall–Kier alpha value is -0.870. The van der Waals surface area contributed by atoms with Gasteiger partial charge in [-0.25, -0.2) is 0 Å². The smallest absolute Gasteiger partial charge is 0.193 e. The van der Waals surface area contributed by atoms with Crippen LogP contribution in [0, 0.1) is 0 Å². The third kappa shape index (κ3) is 8.37. The molecule has 25 heavy (non-hydrogen) atoms. The van der Waals surface area contributed by atoms with E-state index in [1.54, 1.807) is 6.26 Å². The quantitative estimate of drug-likeness (QED) is 0.261. The highest BCUT2D eigenvalue weighted by molar-refractivity contribution is 14.0. The van der Waals surface area contributed by atoms with Crippen molar-refractivity contribution >= 4 is 29.9 Å². The van der Waals surface area contributed by atoms with Crippen molar-refractivity contribution in [3.63, 3.8) is 0 Å². The summed E-state index contributed by atoms with van der Waals surface area (Å²) in [6, 6.07) is 1.93. The highest BCUT2D eigenvalue weighted by atomic mass is 127. The lowest BCUT2D eigenvalue weighted by Gasteiger charge is -2.36. The van der Waals surface area contributed by atoms with Crippen LogP contribution >= 0.6 is 24.0 Å². The Labute approximate surface area is 168 Å². The molecule has 1 saturated heterocycles. The maximum atomic E-state index is 5.59. The van der Waals surface area contributed by atoms with Crippen LogP contribution in [-0.2, 0) is 11.3 Å². The normalized spacial score (nSPS) is 15.9. The van der Waals surface area contributed by atoms with Crippen molar-refractivity contribution in [2.45, 2.75) is 32.7 Å². The van der Waals surface area contributed by atoms with Crippen LogP contribution in [0.5, 0.6) is 0 Å². The van der Waals surface area contributed by atoms with Crippen molar-refractivity contribution in [1.82, 2.24) is 20.3 Å². The van der Waals surface area contributed by atoms with Crippen molar-refractivity contribution in [3.05, 3.63) is 18.0 Å². The largest absolute Gasteiger partial charge is 0.381 e. The Morgan fingerprint density at radius 1 is 1.28 bits per heavy atom. The topological polar surface area (TPSA) is 66.1 Å². The van der Waals surface area contributed by atoms with Gasteiger partial charge in [-0.2, -0.15) is 0 Å². The number of piperazine rings is 1. The molecule has 1 fully saturated rings. The van der Waals surface area contributed by atoms with Crippen molar-refractivity contribution in [2.24, 2.45) is 4.99 Å². The molecule has 0 spiro atoms. The number of ether oxygens (including phenoxy) is 1. The molecule has 1 N–H and O–H groups in total. The standard InChI is InChI=1S/C17H31N5O2.HI/c1-3-4-12-23-13-5-7-19-17(18-2)22-10-8-21(9-11-22)15-16-6-14-24-20-16;/h6,14H,3-5,7-13,15H2,1-2H3,(H,18,19);1H. The Morgan fingerprint density at radius 2 is 2.04 bits per heavy atom. The molecule has 0 aliphatic carbocycles. The van der Waals surface area contributed by atoms with Crippen LogP contribution in [0.3, 0.4) is 0 Å². The number of aromatic nitrogens is 1. The lowest BCUT2D eigenvalue weighted by Crippen LogP contribution is -2.52. The van der Waals surface area contributed by atoms with Crippen molar-refractivity contribution in [2.75, 3.05) is 53.0 Å². The molecule has 1 aliphatic heterocycles. The molecule has 1 aliphatic rings. The average molecular weight is 465 g/mol. The Bertz CT molecular complexity index is 462. The molecule has 1 aromatic rings. The van der Waals surface area contributed by atoms with Crippen molar-refractivity contribution < 1.29 is 9.26 Å². The molecule has 0 amide bonds. The van der Waals surface area contributed by atoms with Gasteiger partial charge in [0, 0.05) is 65.6 Å². The number of guanidine groups is 1. The Kier molecular flexibility index (Phi) is 11.8. The third-order valence-electron chi connectivity index (χ3n) is 4.15. The van der Waals surface area contributed by atoms with Gasteiger partial charge in [0.15, 0.2) is 5.96 Å². The molecule has 0 saturated carbocycles. The Balaban J connectivity index is 0.00000312. The van der Waals surface area contributed by atoms with E-state index in [9.17, 15) is 0 Å². The summed E-state index contributed by atoms with van der Waals surface area (Å²) >= 11 is 0. The predicted octanol–water partition coefficient (Wildman–Crippen LogP) is 2.19. The van der Waals surface area contributed by atoms with Gasteiger partial charge in [0.2, 0.25) is 0 Å². The number of nitrogens with one attached hydrogen (secondary N) is 1. The van der Waals surface area contributed by atoms with Gasteiger partial charge in [0.1, 0.15) is 6.26 Å². The number of nitrogens with zero attached hydrogens (tertiary/aromatic N) is 4. The molecular weight excluding hydrogens is 433 g/mol. The SMILES string of the molecule is CCCCOCCCNC(=NC)N1CCN(Cc2ccon2)CC1.I. The van der Waals surface area contributed by atoms with E-state index in [1.807, 2.05) is 13.1 Å². The number of hydrogen-bond donors (Lipinski definition) is 1. The van der Waals surface area contributed by atoms with Crippen molar-refractivity contribution in [3.8, 4) is 0 Å². The predicted molar refractivity (Wildman–Crippen MR) is 110 cm³/mol. The van der Waals surface area contributed by atoms with Gasteiger partial charge in [0.05, 0.1) is 5.69 Å². The first-order chi connectivity index (χ1) is 11.8. The van der Waals surface area contributed by atoms with Crippen LogP contribution in [-0.4, -0.2) is 73.9 Å². The van der Waals surface area contributed by atoms with Crippen LogP contribution < -0.4 is 5.32 Å². The average Bonchev–Trinajstić information content (AvgIpc) is 3.11. The second kappa shape index (κ2) is 13.3. The summed E-state index contributed by atoms with van der Waals surface area (Å²) in [6.45, 7) is 9.59. The van der Waals surface area contributed by atoms with E-state index < -0.39 is 0 Å². The van der Waals surface area contributed by atoms with Crippen LogP contribution in [0.15, 0.2) is 21.8 Å². The molecule has 0 radical (unpaired) electrons. The summed E-state index contributed by atoms with van der Waals surface area (Å²) < 4.78 is 10.5. The maximum Gasteiger partial charge on any atom is 0.193 e. The molecule has 0 atom stereocenters. The zero-order valence-electron chi connectivity index (χ0n) is 15.4. The molecule has 0 bridgehead atoms. The number of aliphatic imine (C=N–C) groups is 1. The summed E-state index contributed by atoms with van der Waals surface area (Å²) in [5.74, 6) is 0.990. The minimum absolute atomic E-state index is 0. The maximum absolute atomic E-state index is 5.59. The van der Waals surface area contributed by atoms with Gasteiger partial charge in [-0.15, -0.1) is 24.0 Å². The van der Waals surface area contributed by atoms with Crippen molar-refractivity contribution in [1.29, 1.82) is 0 Å². The summed E-state index contributed by atoms with van der Waals surface area (Å²) in [4.78, 5) is 9.11. The lowest BCUT2D eigenvalue weighted by atomic mass is 10.3. The molecule has 7 nitrogen and oxygen atoms in total. The zero-order valence-corrected chi connectivity index (χ0v) is 17.8. The van der Waals surface area contributed by atoms with Crippen LogP contribution in [0.4, 0.5) is 0 Å². The highest BCUT2D eigenvalue weighted by Crippen LogP contribution is 2.07. The van der Waals surface area contributed by atoms with E-state index in [4.69, 9.17) is 9.26 Å². The van der Waals surface area contributed by atoms with E-state index >= 15 is 0 Å². The van der Waals surface area contributed by atoms with Crippen LogP contribution in [0.1, 0.15) is 31.9 Å². The first-order valence-corrected chi connectivity index (χ1v) is 8.98. The van der Waals surface area contributed by atoms with Gasteiger partial charge in [-0.05, 0) is 12.8 Å². The molecule has 0 aromatic carbocycles. The lowest BCUT2D eigenvalue weighted by molar-refractivity contribution is 0.129. The minimum atomic E-state index is 0. The third-order valence-corrected chi connectivity index (χ3v) is 4.15. The van der Waals surface area contributed by atoms with E-state index in [1.165, 1.54) is 6.42 Å². The van der Waals surface area contributed by atoms with E-state index in [-0.39, 0.29) is 24.0 Å². The zero-order chi connectivity index (χ0) is 17.0. The van der Waals surface area contributed by atoms with Crippen LogP contribution in [0.2, 0.25) is 0 Å². The highest BCUT2D eigenvalue weighted by Gasteiger charge is 2.19. The van der Waals surface area contributed by atoms with Gasteiger partial charge in [-0.3, -0.25) is 9.89 Å². The van der Waals surface area contributed by atoms with Gasteiger partial charge >= 0.3 is 0 Å². The summed E-state index contributed by atoms with van der Waals surface area (Å²) in [7, 11) is 1.85. The van der Waals surface area contributed by atoms with E-state index in [0.717, 1.165) is 77.0 Å². The van der Waals surface area contributed by atoms with Gasteiger partial charge in [0.25, 0.3) is 0 Å². The molecule has 2 heterocycles. The summed E-state index contributed by atoms with van der Waals surface area (Å²) in [6.07, 6.45) is 4.97. The fraction of sp³-hybridized carbons (Fsp3) is 0.765. The molecule has 8 heteroatoms. The monoisotopic (exact) mass is 465 g/mol. The molecule has 2 rings (SSSR count). The number of unbranched alkanes of at least 4 members (excludes halogenated alkanes) is 1. The van der Waals surface area contributed by atoms with Gasteiger partial charge in [-0.1, -0.05) is 18.5 Å². The fourth-order valence-corrected chi connectivity index (χ4v) is 2.72. The first-order valence-electron chi connectivity index (χ1n) is 8.98. The van der Waals surface area contributed by atoms with Gasteiger partial charge < -0.3 is 19.5 Å². The number of hydrogen-bond acceptors (Lipinski definition) is 5. The van der Waals surface area contributed by atoms with Crippen LogP contribution in [0.25, 0.3) is 0 Å². The molecule has 0 unspecified atom stereocenters. The second-order valence-corrected chi connectivity index (χ2v) is 6.05. The Morgan fingerprint density at radius 3 is 2.68 bits per heavy atom. The fourth-order valence-electron chi connectivity index (χ4n) is 2.72. The number of rotatable bonds is 9. The minimum Gasteiger partial charge on any atom is -0.381 e. The summed E-state index contributed by atoms with van der Waals surface area (Å²) in [5, 5.41) is 7.42. The molecule has 144 valence electrons. The molecular formula is C17H32IN5O2. The second-order valence-electron chi connectivity index (χ2n) is 6.05.